The van der Waals surface area contributed by atoms with Crippen LogP contribution in [0.25, 0.3) is 22.2 Å². The number of aromatic nitrogens is 1. The van der Waals surface area contributed by atoms with Crippen LogP contribution in [0.1, 0.15) is 10.4 Å². The van der Waals surface area contributed by atoms with Crippen molar-refractivity contribution in [2.24, 2.45) is 0 Å². The Morgan fingerprint density at radius 3 is 2.48 bits per heavy atom. The lowest BCUT2D eigenvalue weighted by atomic mass is 10.1. The molecule has 3 nitrogen and oxygen atoms in total. The number of hydrogen-bond donors (Lipinski definition) is 2. The lowest BCUT2D eigenvalue weighted by Crippen LogP contribution is -2.11. The molecule has 4 rings (SSSR count). The summed E-state index contributed by atoms with van der Waals surface area (Å²) in [6.07, 6.45) is 0. The molecule has 0 aliphatic carbocycles. The summed E-state index contributed by atoms with van der Waals surface area (Å²) in [5, 5.41) is 3.98. The number of fused-ring (bicyclic) bond motifs is 1. The first-order valence-electron chi connectivity index (χ1n) is 7.94. The molecule has 1 aromatic heterocycles. The van der Waals surface area contributed by atoms with Crippen LogP contribution in [-0.4, -0.2) is 10.9 Å². The van der Waals surface area contributed by atoms with Crippen LogP contribution >= 0.6 is 0 Å². The van der Waals surface area contributed by atoms with Gasteiger partial charge < -0.3 is 10.3 Å². The van der Waals surface area contributed by atoms with Crippen molar-refractivity contribution in [2.75, 3.05) is 5.32 Å². The molecule has 0 unspecified atom stereocenters. The predicted octanol–water partition coefficient (Wildman–Crippen LogP) is 5.23. The maximum atomic E-state index is 13.0. The van der Waals surface area contributed by atoms with Crippen molar-refractivity contribution in [3.05, 3.63) is 90.2 Å². The first-order chi connectivity index (χ1) is 12.2. The van der Waals surface area contributed by atoms with Crippen molar-refractivity contribution in [1.82, 2.24) is 4.98 Å². The van der Waals surface area contributed by atoms with Crippen LogP contribution in [0.5, 0.6) is 0 Å². The molecule has 0 spiro atoms. The largest absolute Gasteiger partial charge is 0.355 e. The van der Waals surface area contributed by atoms with E-state index < -0.39 is 0 Å². The second-order valence-corrected chi connectivity index (χ2v) is 5.81. The van der Waals surface area contributed by atoms with Crippen LogP contribution in [0.3, 0.4) is 0 Å². The smallest absolute Gasteiger partial charge is 0.255 e. The van der Waals surface area contributed by atoms with E-state index in [9.17, 15) is 9.18 Å². The van der Waals surface area contributed by atoms with E-state index in [1.165, 1.54) is 24.3 Å². The molecule has 4 heteroatoms. The van der Waals surface area contributed by atoms with Crippen molar-refractivity contribution >= 4 is 22.5 Å². The molecule has 3 aromatic carbocycles. The van der Waals surface area contributed by atoms with E-state index in [0.29, 0.717) is 11.3 Å². The highest BCUT2D eigenvalue weighted by molar-refractivity contribution is 6.04. The fourth-order valence-electron chi connectivity index (χ4n) is 2.80. The minimum absolute atomic E-state index is 0.270. The van der Waals surface area contributed by atoms with Gasteiger partial charge >= 0.3 is 0 Å². The Morgan fingerprint density at radius 1 is 0.880 bits per heavy atom. The van der Waals surface area contributed by atoms with Crippen molar-refractivity contribution in [3.63, 3.8) is 0 Å². The van der Waals surface area contributed by atoms with Gasteiger partial charge in [-0.05, 0) is 48.5 Å². The number of carbonyl (C=O) groups excluding carboxylic acids is 1. The van der Waals surface area contributed by atoms with Crippen LogP contribution in [0.2, 0.25) is 0 Å². The minimum Gasteiger partial charge on any atom is -0.355 e. The fourth-order valence-corrected chi connectivity index (χ4v) is 2.80. The number of anilines is 1. The molecule has 1 amide bonds. The van der Waals surface area contributed by atoms with E-state index >= 15 is 0 Å². The highest BCUT2D eigenvalue weighted by Gasteiger charge is 2.08. The summed E-state index contributed by atoms with van der Waals surface area (Å²) in [6.45, 7) is 0. The zero-order valence-corrected chi connectivity index (χ0v) is 13.3. The average molecular weight is 330 g/mol. The third-order valence-electron chi connectivity index (χ3n) is 4.07. The molecule has 1 heterocycles. The van der Waals surface area contributed by atoms with Gasteiger partial charge in [0.05, 0.1) is 0 Å². The van der Waals surface area contributed by atoms with Crippen LogP contribution in [0, 0.1) is 5.82 Å². The lowest BCUT2D eigenvalue weighted by Gasteiger charge is -2.07. The Kier molecular flexibility index (Phi) is 3.78. The van der Waals surface area contributed by atoms with Crippen molar-refractivity contribution in [3.8, 4) is 11.3 Å². The van der Waals surface area contributed by atoms with Gasteiger partial charge in [0, 0.05) is 33.4 Å². The van der Waals surface area contributed by atoms with Gasteiger partial charge in [-0.25, -0.2) is 4.39 Å². The van der Waals surface area contributed by atoms with E-state index in [1.54, 1.807) is 0 Å². The molecule has 0 saturated heterocycles. The zero-order chi connectivity index (χ0) is 17.2. The second kappa shape index (κ2) is 6.24. The van der Waals surface area contributed by atoms with E-state index in [4.69, 9.17) is 0 Å². The predicted molar refractivity (Wildman–Crippen MR) is 98.1 cm³/mol. The van der Waals surface area contributed by atoms with E-state index in [2.05, 4.69) is 22.4 Å². The summed E-state index contributed by atoms with van der Waals surface area (Å²) < 4.78 is 13.0. The SMILES string of the molecule is O=C(Nc1cccc(-c2cc3ccccc3[nH]2)c1)c1ccc(F)cc1. The van der Waals surface area contributed by atoms with Crippen LogP contribution in [0.4, 0.5) is 10.1 Å². The minimum atomic E-state index is -0.364. The van der Waals surface area contributed by atoms with Gasteiger partial charge in [-0.15, -0.1) is 0 Å². The maximum Gasteiger partial charge on any atom is 0.255 e. The van der Waals surface area contributed by atoms with Gasteiger partial charge in [-0.2, -0.15) is 0 Å². The van der Waals surface area contributed by atoms with Gasteiger partial charge in [0.15, 0.2) is 0 Å². The summed E-state index contributed by atoms with van der Waals surface area (Å²) in [6, 6.07) is 23.2. The van der Waals surface area contributed by atoms with Crippen LogP contribution in [0.15, 0.2) is 78.9 Å². The van der Waals surface area contributed by atoms with Crippen LogP contribution < -0.4 is 5.32 Å². The molecular weight excluding hydrogens is 315 g/mol. The van der Waals surface area contributed by atoms with Crippen molar-refractivity contribution < 1.29 is 9.18 Å². The number of carbonyl (C=O) groups is 1. The number of H-pyrrole nitrogens is 1. The summed E-state index contributed by atoms with van der Waals surface area (Å²) in [5.74, 6) is -0.633. The lowest BCUT2D eigenvalue weighted by molar-refractivity contribution is 0.102. The van der Waals surface area contributed by atoms with Crippen LogP contribution in [-0.2, 0) is 0 Å². The van der Waals surface area contributed by atoms with Gasteiger partial charge in [-0.1, -0.05) is 30.3 Å². The number of benzene rings is 3. The number of halogens is 1. The van der Waals surface area contributed by atoms with E-state index in [0.717, 1.165) is 22.2 Å². The molecule has 0 atom stereocenters. The number of aromatic amines is 1. The molecule has 2 N–H and O–H groups in total. The molecule has 4 aromatic rings. The van der Waals surface area contributed by atoms with Gasteiger partial charge in [-0.3, -0.25) is 4.79 Å². The standard InChI is InChI=1S/C21H15FN2O/c22-17-10-8-14(9-11-17)21(25)23-18-6-3-5-15(12-18)20-13-16-4-1-2-7-19(16)24-20/h1-13,24H,(H,23,25). The maximum absolute atomic E-state index is 13.0. The summed E-state index contributed by atoms with van der Waals surface area (Å²) >= 11 is 0. The molecule has 122 valence electrons. The highest BCUT2D eigenvalue weighted by Crippen LogP contribution is 2.26. The second-order valence-electron chi connectivity index (χ2n) is 5.81. The molecule has 0 bridgehead atoms. The van der Waals surface area contributed by atoms with E-state index in [-0.39, 0.29) is 11.7 Å². The Morgan fingerprint density at radius 2 is 1.68 bits per heavy atom. The van der Waals surface area contributed by atoms with Crippen molar-refractivity contribution in [2.45, 2.75) is 0 Å². The monoisotopic (exact) mass is 330 g/mol. The third-order valence-corrected chi connectivity index (χ3v) is 4.07. The van der Waals surface area contributed by atoms with E-state index in [1.807, 2.05) is 42.5 Å². The Hall–Kier alpha value is -3.40. The quantitative estimate of drug-likeness (QED) is 0.531. The Balaban J connectivity index is 1.60. The summed E-state index contributed by atoms with van der Waals surface area (Å²) in [7, 11) is 0. The third kappa shape index (κ3) is 3.15. The number of rotatable bonds is 3. The Labute approximate surface area is 144 Å². The summed E-state index contributed by atoms with van der Waals surface area (Å²) in [5.41, 5.74) is 4.13. The number of amides is 1. The summed E-state index contributed by atoms with van der Waals surface area (Å²) in [4.78, 5) is 15.6. The molecule has 0 fully saturated rings. The normalized spacial score (nSPS) is 10.8. The van der Waals surface area contributed by atoms with Gasteiger partial charge in [0.25, 0.3) is 5.91 Å². The zero-order valence-electron chi connectivity index (χ0n) is 13.3. The molecule has 0 saturated carbocycles. The highest BCUT2D eigenvalue weighted by atomic mass is 19.1. The first kappa shape index (κ1) is 15.1. The number of nitrogens with one attached hydrogen (secondary N) is 2. The first-order valence-corrected chi connectivity index (χ1v) is 7.94. The Bertz CT molecular complexity index is 1020. The number of hydrogen-bond acceptors (Lipinski definition) is 1. The van der Waals surface area contributed by atoms with Crippen molar-refractivity contribution in [1.29, 1.82) is 0 Å². The topological polar surface area (TPSA) is 44.9 Å². The molecule has 0 aliphatic heterocycles. The average Bonchev–Trinajstić information content (AvgIpc) is 3.07. The molecule has 0 radical (unpaired) electrons. The molecule has 0 aliphatic rings. The van der Waals surface area contributed by atoms with Gasteiger partial charge in [0.1, 0.15) is 5.82 Å². The fraction of sp³-hybridized carbons (Fsp3) is 0. The molecule has 25 heavy (non-hydrogen) atoms. The number of para-hydroxylation sites is 1. The van der Waals surface area contributed by atoms with Gasteiger partial charge in [0.2, 0.25) is 0 Å². The molecular formula is C21H15FN2O.